The number of aliphatic imine (C=N–C) groups is 1. The second-order valence-electron chi connectivity index (χ2n) is 6.20. The number of rotatable bonds is 8. The van der Waals surface area contributed by atoms with Gasteiger partial charge in [-0.15, -0.1) is 0 Å². The van der Waals surface area contributed by atoms with Crippen LogP contribution >= 0.6 is 0 Å². The van der Waals surface area contributed by atoms with Gasteiger partial charge in [-0.2, -0.15) is 0 Å². The van der Waals surface area contributed by atoms with Gasteiger partial charge in [-0.1, -0.05) is 0 Å². The lowest BCUT2D eigenvalue weighted by Gasteiger charge is -2.22. The monoisotopic (exact) mass is 346 g/mol. The van der Waals surface area contributed by atoms with E-state index in [0.29, 0.717) is 37.8 Å². The molecule has 0 aromatic rings. The molecule has 2 heterocycles. The van der Waals surface area contributed by atoms with Gasteiger partial charge in [0, 0.05) is 26.7 Å². The first-order chi connectivity index (χ1) is 11.0. The fourth-order valence-electron chi connectivity index (χ4n) is 3.13. The molecule has 2 fully saturated rings. The lowest BCUT2D eigenvalue weighted by atomic mass is 9.96. The van der Waals surface area contributed by atoms with Crippen LogP contribution in [0.1, 0.15) is 39.5 Å². The summed E-state index contributed by atoms with van der Waals surface area (Å²) in [5.41, 5.74) is 0. The molecule has 0 amide bonds. The van der Waals surface area contributed by atoms with Crippen LogP contribution in [-0.4, -0.2) is 69.4 Å². The zero-order valence-corrected chi connectivity index (χ0v) is 15.2. The molecule has 2 saturated heterocycles. The van der Waals surface area contributed by atoms with Crippen LogP contribution in [0.4, 0.5) is 0 Å². The van der Waals surface area contributed by atoms with E-state index in [9.17, 15) is 8.42 Å². The lowest BCUT2D eigenvalue weighted by molar-refractivity contribution is 0.0992. The number of sulfonamides is 1. The van der Waals surface area contributed by atoms with Gasteiger partial charge in [-0.25, -0.2) is 12.7 Å². The second-order valence-corrected chi connectivity index (χ2v) is 8.56. The molecule has 0 saturated carbocycles. The Morgan fingerprint density at radius 3 is 2.70 bits per heavy atom. The molecule has 7 nitrogen and oxygen atoms in total. The van der Waals surface area contributed by atoms with Crippen molar-refractivity contribution in [2.24, 2.45) is 4.99 Å². The number of hydrogen-bond acceptors (Lipinski definition) is 4. The average Bonchev–Trinajstić information content (AvgIpc) is 3.14. The predicted octanol–water partition coefficient (Wildman–Crippen LogP) is 0.533. The molecule has 3 unspecified atom stereocenters. The Balaban J connectivity index is 1.77. The maximum Gasteiger partial charge on any atom is 0.213 e. The summed E-state index contributed by atoms with van der Waals surface area (Å²) >= 11 is 0. The molecule has 2 aliphatic heterocycles. The number of nitrogens with one attached hydrogen (secondary N) is 2. The highest BCUT2D eigenvalue weighted by molar-refractivity contribution is 7.89. The van der Waals surface area contributed by atoms with Crippen molar-refractivity contribution in [3.8, 4) is 0 Å². The molecule has 2 rings (SSSR count). The smallest absolute Gasteiger partial charge is 0.213 e. The Kier molecular flexibility index (Phi) is 6.67. The molecule has 0 spiro atoms. The number of ether oxygens (including phenoxy) is 1. The molecular formula is C15H30N4O3S. The third-order valence-electron chi connectivity index (χ3n) is 4.51. The van der Waals surface area contributed by atoms with Crippen molar-refractivity contribution in [3.05, 3.63) is 0 Å². The summed E-state index contributed by atoms with van der Waals surface area (Å²) in [5.74, 6) is 0.941. The van der Waals surface area contributed by atoms with E-state index < -0.39 is 10.0 Å². The van der Waals surface area contributed by atoms with E-state index in [2.05, 4.69) is 15.6 Å². The van der Waals surface area contributed by atoms with Crippen LogP contribution in [0.15, 0.2) is 4.99 Å². The lowest BCUT2D eigenvalue weighted by Crippen LogP contribution is -2.47. The summed E-state index contributed by atoms with van der Waals surface area (Å²) in [6.45, 7) is 5.60. The molecule has 2 N–H and O–H groups in total. The fourth-order valence-corrected chi connectivity index (χ4v) is 3.98. The molecule has 3 atom stereocenters. The summed E-state index contributed by atoms with van der Waals surface area (Å²) in [4.78, 5) is 4.56. The Labute approximate surface area is 139 Å². The first-order valence-corrected chi connectivity index (χ1v) is 10.2. The van der Waals surface area contributed by atoms with Gasteiger partial charge in [0.25, 0.3) is 0 Å². The van der Waals surface area contributed by atoms with Crippen molar-refractivity contribution in [2.75, 3.05) is 32.4 Å². The predicted molar refractivity (Wildman–Crippen MR) is 92.1 cm³/mol. The van der Waals surface area contributed by atoms with Crippen molar-refractivity contribution < 1.29 is 13.2 Å². The molecule has 0 aromatic carbocycles. The third kappa shape index (κ3) is 5.06. The largest absolute Gasteiger partial charge is 0.373 e. The van der Waals surface area contributed by atoms with E-state index in [4.69, 9.17) is 4.74 Å². The van der Waals surface area contributed by atoms with Gasteiger partial charge in [0.1, 0.15) is 0 Å². The van der Waals surface area contributed by atoms with E-state index in [1.54, 1.807) is 14.0 Å². The number of nitrogens with zero attached hydrogens (tertiary/aromatic N) is 2. The average molecular weight is 346 g/mol. The minimum Gasteiger partial charge on any atom is -0.373 e. The molecule has 2 bridgehead atoms. The Morgan fingerprint density at radius 2 is 2.13 bits per heavy atom. The van der Waals surface area contributed by atoms with Crippen LogP contribution in [-0.2, 0) is 14.8 Å². The van der Waals surface area contributed by atoms with Gasteiger partial charge in [0.2, 0.25) is 10.0 Å². The summed E-state index contributed by atoms with van der Waals surface area (Å²) in [6, 6.07) is 0.342. The Hall–Kier alpha value is -0.860. The minimum atomic E-state index is -3.10. The molecule has 0 aliphatic carbocycles. The molecule has 23 heavy (non-hydrogen) atoms. The molecule has 0 radical (unpaired) electrons. The van der Waals surface area contributed by atoms with Crippen molar-refractivity contribution in [1.82, 2.24) is 14.9 Å². The molecule has 134 valence electrons. The van der Waals surface area contributed by atoms with Crippen LogP contribution in [0.5, 0.6) is 0 Å². The first kappa shape index (κ1) is 18.5. The van der Waals surface area contributed by atoms with Crippen LogP contribution in [0, 0.1) is 0 Å². The number of hydrogen-bond donors (Lipinski definition) is 2. The van der Waals surface area contributed by atoms with E-state index in [1.165, 1.54) is 10.7 Å². The number of fused-ring (bicyclic) bond motifs is 2. The number of guanidine groups is 1. The van der Waals surface area contributed by atoms with E-state index >= 15 is 0 Å². The standard InChI is InChI=1S/C15H30N4O3S/c1-4-16-15(18-13-11-12-7-8-14(13)22-12)17-9-6-10-19(3)23(20,21)5-2/h12-14H,4-11H2,1-3H3,(H2,16,17,18). The zero-order chi connectivity index (χ0) is 16.9. The van der Waals surface area contributed by atoms with Crippen LogP contribution < -0.4 is 10.6 Å². The topological polar surface area (TPSA) is 83.0 Å². The second kappa shape index (κ2) is 8.30. The summed E-state index contributed by atoms with van der Waals surface area (Å²) in [7, 11) is -1.47. The highest BCUT2D eigenvalue weighted by Crippen LogP contribution is 2.34. The third-order valence-corrected chi connectivity index (χ3v) is 6.37. The zero-order valence-electron chi connectivity index (χ0n) is 14.4. The molecule has 2 aliphatic rings. The van der Waals surface area contributed by atoms with Gasteiger partial charge >= 0.3 is 0 Å². The van der Waals surface area contributed by atoms with Crippen molar-refractivity contribution >= 4 is 16.0 Å². The van der Waals surface area contributed by atoms with Gasteiger partial charge in [-0.3, -0.25) is 4.99 Å². The van der Waals surface area contributed by atoms with Crippen molar-refractivity contribution in [3.63, 3.8) is 0 Å². The van der Waals surface area contributed by atoms with Gasteiger partial charge in [-0.05, 0) is 39.5 Å². The Bertz CT molecular complexity index is 509. The quantitative estimate of drug-likeness (QED) is 0.381. The van der Waals surface area contributed by atoms with E-state index in [0.717, 1.165) is 25.3 Å². The fraction of sp³-hybridized carbons (Fsp3) is 0.933. The van der Waals surface area contributed by atoms with Crippen LogP contribution in [0.25, 0.3) is 0 Å². The normalized spacial score (nSPS) is 27.7. The highest BCUT2D eigenvalue weighted by atomic mass is 32.2. The SMILES string of the molecule is CCNC(=NCCCN(C)S(=O)(=O)CC)NC1CC2CCC1O2. The molecule has 0 aromatic heterocycles. The van der Waals surface area contributed by atoms with Gasteiger partial charge < -0.3 is 15.4 Å². The first-order valence-electron chi connectivity index (χ1n) is 8.60. The molecule has 8 heteroatoms. The van der Waals surface area contributed by atoms with Crippen LogP contribution in [0.2, 0.25) is 0 Å². The summed E-state index contributed by atoms with van der Waals surface area (Å²) < 4.78 is 30.6. The van der Waals surface area contributed by atoms with Crippen molar-refractivity contribution in [2.45, 2.75) is 57.8 Å². The van der Waals surface area contributed by atoms with E-state index in [-0.39, 0.29) is 5.75 Å². The van der Waals surface area contributed by atoms with Gasteiger partial charge in [0.05, 0.1) is 24.0 Å². The minimum absolute atomic E-state index is 0.140. The van der Waals surface area contributed by atoms with E-state index in [1.807, 2.05) is 6.92 Å². The van der Waals surface area contributed by atoms with Crippen molar-refractivity contribution in [1.29, 1.82) is 0 Å². The summed E-state index contributed by atoms with van der Waals surface area (Å²) in [5, 5.41) is 6.71. The highest BCUT2D eigenvalue weighted by Gasteiger charge is 2.41. The summed E-state index contributed by atoms with van der Waals surface area (Å²) in [6.07, 6.45) is 4.78. The maximum absolute atomic E-state index is 11.7. The maximum atomic E-state index is 11.7. The Morgan fingerprint density at radius 1 is 1.35 bits per heavy atom. The van der Waals surface area contributed by atoms with Gasteiger partial charge in [0.15, 0.2) is 5.96 Å². The van der Waals surface area contributed by atoms with Crippen LogP contribution in [0.3, 0.4) is 0 Å². The molecular weight excluding hydrogens is 316 g/mol.